The molecule has 0 amide bonds. The van der Waals surface area contributed by atoms with E-state index in [0.717, 1.165) is 12.8 Å². The van der Waals surface area contributed by atoms with E-state index in [1.807, 2.05) is 12.1 Å². The minimum Gasteiger partial charge on any atom is -0.298 e. The minimum atomic E-state index is 0.0987. The predicted octanol–water partition coefficient (Wildman–Crippen LogP) is 0.953. The van der Waals surface area contributed by atoms with Crippen LogP contribution < -0.4 is 5.43 Å². The number of ketones is 1. The number of rotatable bonds is 3. The molecule has 0 aliphatic carbocycles. The van der Waals surface area contributed by atoms with Gasteiger partial charge in [-0.1, -0.05) is 13.3 Å². The molecule has 1 aliphatic heterocycles. The Kier molecular flexibility index (Phi) is 3.23. The molecule has 0 bridgehead atoms. The van der Waals surface area contributed by atoms with E-state index in [4.69, 9.17) is 0 Å². The summed E-state index contributed by atoms with van der Waals surface area (Å²) in [4.78, 5) is 11.1. The van der Waals surface area contributed by atoms with Crippen LogP contribution in [0.3, 0.4) is 0 Å². The third kappa shape index (κ3) is 2.05. The number of nitrogens with zero attached hydrogens (tertiary/aromatic N) is 1. The molecule has 1 rings (SSSR count). The molecule has 1 N–H and O–H groups in total. The molecule has 2 atom stereocenters. The Hall–Kier alpha value is -0.410. The zero-order valence-electron chi connectivity index (χ0n) is 8.13. The highest BCUT2D eigenvalue weighted by Crippen LogP contribution is 2.16. The minimum absolute atomic E-state index is 0.0987. The molecule has 12 heavy (non-hydrogen) atoms. The SMILES string of the molecule is CCCC1CC(C(C)=O)N(C)N1. The van der Waals surface area contributed by atoms with Crippen LogP contribution in [0.25, 0.3) is 0 Å². The van der Waals surface area contributed by atoms with Gasteiger partial charge in [-0.15, -0.1) is 0 Å². The lowest BCUT2D eigenvalue weighted by molar-refractivity contribution is -0.121. The molecule has 3 nitrogen and oxygen atoms in total. The second-order valence-corrected chi connectivity index (χ2v) is 3.59. The topological polar surface area (TPSA) is 32.3 Å². The van der Waals surface area contributed by atoms with Gasteiger partial charge < -0.3 is 0 Å². The van der Waals surface area contributed by atoms with Crippen molar-refractivity contribution in [3.05, 3.63) is 0 Å². The Balaban J connectivity index is 2.44. The fourth-order valence-corrected chi connectivity index (χ4v) is 1.83. The van der Waals surface area contributed by atoms with Crippen molar-refractivity contribution in [3.63, 3.8) is 0 Å². The molecular formula is C9H18N2O. The van der Waals surface area contributed by atoms with Gasteiger partial charge in [-0.05, 0) is 19.8 Å². The lowest BCUT2D eigenvalue weighted by atomic mass is 10.0. The van der Waals surface area contributed by atoms with Crippen molar-refractivity contribution in [1.29, 1.82) is 0 Å². The summed E-state index contributed by atoms with van der Waals surface area (Å²) in [6, 6.07) is 0.607. The maximum atomic E-state index is 11.1. The van der Waals surface area contributed by atoms with Gasteiger partial charge in [0.15, 0.2) is 0 Å². The van der Waals surface area contributed by atoms with E-state index in [1.54, 1.807) is 6.92 Å². The summed E-state index contributed by atoms with van der Waals surface area (Å²) in [5, 5.41) is 1.95. The van der Waals surface area contributed by atoms with Crippen LogP contribution in [-0.2, 0) is 4.79 Å². The lowest BCUT2D eigenvalue weighted by Gasteiger charge is -2.15. The number of hydrogen-bond donors (Lipinski definition) is 1. The van der Waals surface area contributed by atoms with Gasteiger partial charge in [0.05, 0.1) is 6.04 Å². The van der Waals surface area contributed by atoms with Gasteiger partial charge in [0.2, 0.25) is 0 Å². The molecule has 1 aliphatic rings. The number of carbonyl (C=O) groups excluding carboxylic acids is 1. The maximum absolute atomic E-state index is 11.1. The molecule has 0 aromatic heterocycles. The standard InChI is InChI=1S/C9H18N2O/c1-4-5-8-6-9(7(2)12)11(3)10-8/h8-10H,4-6H2,1-3H3. The highest BCUT2D eigenvalue weighted by atomic mass is 16.1. The number of Topliss-reactive ketones (excluding diaryl/α,β-unsaturated/α-hetero) is 1. The van der Waals surface area contributed by atoms with Gasteiger partial charge in [-0.2, -0.15) is 0 Å². The van der Waals surface area contributed by atoms with Crippen molar-refractivity contribution in [1.82, 2.24) is 10.4 Å². The first-order valence-corrected chi connectivity index (χ1v) is 4.64. The van der Waals surface area contributed by atoms with Crippen LogP contribution in [-0.4, -0.2) is 29.9 Å². The van der Waals surface area contributed by atoms with Crippen LogP contribution in [0.5, 0.6) is 0 Å². The van der Waals surface area contributed by atoms with Crippen LogP contribution in [0.4, 0.5) is 0 Å². The first-order chi connectivity index (χ1) is 5.65. The van der Waals surface area contributed by atoms with E-state index in [-0.39, 0.29) is 11.8 Å². The third-order valence-electron chi connectivity index (χ3n) is 2.47. The van der Waals surface area contributed by atoms with Crippen LogP contribution in [0.15, 0.2) is 0 Å². The van der Waals surface area contributed by atoms with Crippen LogP contribution in [0.2, 0.25) is 0 Å². The number of likely N-dealkylation sites (N-methyl/N-ethyl adjacent to an activating group) is 1. The van der Waals surface area contributed by atoms with Crippen LogP contribution in [0, 0.1) is 0 Å². The fraction of sp³-hybridized carbons (Fsp3) is 0.889. The van der Waals surface area contributed by atoms with Crippen molar-refractivity contribution < 1.29 is 4.79 Å². The Morgan fingerprint density at radius 1 is 1.67 bits per heavy atom. The molecule has 0 aromatic rings. The summed E-state index contributed by atoms with van der Waals surface area (Å²) in [6.45, 7) is 3.83. The molecule has 0 aromatic carbocycles. The van der Waals surface area contributed by atoms with Gasteiger partial charge in [0.1, 0.15) is 5.78 Å². The second kappa shape index (κ2) is 4.01. The first kappa shape index (κ1) is 9.68. The van der Waals surface area contributed by atoms with E-state index in [0.29, 0.717) is 6.04 Å². The number of hydrogen-bond acceptors (Lipinski definition) is 3. The summed E-state index contributed by atoms with van der Waals surface area (Å²) < 4.78 is 0. The smallest absolute Gasteiger partial charge is 0.148 e. The van der Waals surface area contributed by atoms with Crippen molar-refractivity contribution in [3.8, 4) is 0 Å². The summed E-state index contributed by atoms with van der Waals surface area (Å²) in [5.41, 5.74) is 3.30. The maximum Gasteiger partial charge on any atom is 0.148 e. The summed E-state index contributed by atoms with van der Waals surface area (Å²) in [7, 11) is 1.95. The predicted molar refractivity (Wildman–Crippen MR) is 48.7 cm³/mol. The highest BCUT2D eigenvalue weighted by molar-refractivity contribution is 5.81. The monoisotopic (exact) mass is 170 g/mol. The largest absolute Gasteiger partial charge is 0.298 e. The molecule has 70 valence electrons. The molecule has 0 spiro atoms. The molecular weight excluding hydrogens is 152 g/mol. The highest BCUT2D eigenvalue weighted by Gasteiger charge is 2.30. The Morgan fingerprint density at radius 3 is 2.75 bits per heavy atom. The van der Waals surface area contributed by atoms with Crippen molar-refractivity contribution in [2.24, 2.45) is 0 Å². The average Bonchev–Trinajstić information content (AvgIpc) is 2.32. The van der Waals surface area contributed by atoms with Crippen molar-refractivity contribution >= 4 is 5.78 Å². The molecule has 1 saturated heterocycles. The molecule has 3 heteroatoms. The summed E-state index contributed by atoms with van der Waals surface area (Å²) in [5.74, 6) is 0.267. The van der Waals surface area contributed by atoms with E-state index >= 15 is 0 Å². The van der Waals surface area contributed by atoms with E-state index < -0.39 is 0 Å². The Bertz CT molecular complexity index is 170. The van der Waals surface area contributed by atoms with Gasteiger partial charge in [0.25, 0.3) is 0 Å². The lowest BCUT2D eigenvalue weighted by Crippen LogP contribution is -2.38. The molecule has 0 radical (unpaired) electrons. The van der Waals surface area contributed by atoms with Crippen LogP contribution in [0.1, 0.15) is 33.1 Å². The molecule has 2 unspecified atom stereocenters. The summed E-state index contributed by atoms with van der Waals surface area (Å²) >= 11 is 0. The number of carbonyl (C=O) groups is 1. The number of nitrogens with one attached hydrogen (secondary N) is 1. The quantitative estimate of drug-likeness (QED) is 0.684. The molecule has 0 saturated carbocycles. The Morgan fingerprint density at radius 2 is 2.33 bits per heavy atom. The van der Waals surface area contributed by atoms with Crippen LogP contribution >= 0.6 is 0 Å². The van der Waals surface area contributed by atoms with E-state index in [9.17, 15) is 4.79 Å². The first-order valence-electron chi connectivity index (χ1n) is 4.64. The normalized spacial score (nSPS) is 30.9. The van der Waals surface area contributed by atoms with Gasteiger partial charge in [-0.25, -0.2) is 5.01 Å². The molecule has 1 heterocycles. The van der Waals surface area contributed by atoms with Gasteiger partial charge in [0, 0.05) is 13.1 Å². The molecule has 1 fully saturated rings. The zero-order chi connectivity index (χ0) is 9.14. The summed E-state index contributed by atoms with van der Waals surface area (Å²) in [6.07, 6.45) is 3.31. The van der Waals surface area contributed by atoms with Crippen molar-refractivity contribution in [2.75, 3.05) is 7.05 Å². The van der Waals surface area contributed by atoms with Crippen molar-refractivity contribution in [2.45, 2.75) is 45.2 Å². The van der Waals surface area contributed by atoms with Gasteiger partial charge >= 0.3 is 0 Å². The fourth-order valence-electron chi connectivity index (χ4n) is 1.83. The van der Waals surface area contributed by atoms with Gasteiger partial charge in [-0.3, -0.25) is 10.2 Å². The third-order valence-corrected chi connectivity index (χ3v) is 2.47. The van der Waals surface area contributed by atoms with E-state index in [1.165, 1.54) is 6.42 Å². The Labute approximate surface area is 74.1 Å². The number of hydrazine groups is 1. The van der Waals surface area contributed by atoms with E-state index in [2.05, 4.69) is 12.3 Å². The second-order valence-electron chi connectivity index (χ2n) is 3.59. The average molecular weight is 170 g/mol. The zero-order valence-corrected chi connectivity index (χ0v) is 8.13.